The van der Waals surface area contributed by atoms with Gasteiger partial charge in [-0.3, -0.25) is 9.59 Å². The van der Waals surface area contributed by atoms with E-state index in [1.54, 1.807) is 6.26 Å². The normalized spacial score (nSPS) is 15.6. The summed E-state index contributed by atoms with van der Waals surface area (Å²) in [6.45, 7) is 0. The number of aliphatic carboxylic acids is 1. The van der Waals surface area contributed by atoms with Crippen molar-refractivity contribution in [3.05, 3.63) is 0 Å². The average molecular weight is 278 g/mol. The van der Waals surface area contributed by atoms with Crippen LogP contribution in [-0.4, -0.2) is 53.5 Å². The van der Waals surface area contributed by atoms with Gasteiger partial charge in [0.25, 0.3) is 0 Å². The SMILES string of the molecule is COC(=O)[C@@](N)(CCSC)C(=O)[C@@H](N)CC(=O)O. The molecule has 0 aromatic rings. The predicted octanol–water partition coefficient (Wildman–Crippen LogP) is -1.02. The van der Waals surface area contributed by atoms with Crippen LogP contribution in [0.4, 0.5) is 0 Å². The van der Waals surface area contributed by atoms with Crippen LogP contribution in [0.25, 0.3) is 0 Å². The lowest BCUT2D eigenvalue weighted by Gasteiger charge is -2.27. The minimum absolute atomic E-state index is 0.0486. The van der Waals surface area contributed by atoms with Gasteiger partial charge in [-0.1, -0.05) is 0 Å². The summed E-state index contributed by atoms with van der Waals surface area (Å²) in [7, 11) is 1.11. The van der Waals surface area contributed by atoms with E-state index in [4.69, 9.17) is 16.6 Å². The maximum atomic E-state index is 12.0. The molecule has 18 heavy (non-hydrogen) atoms. The Labute approximate surface area is 109 Å². The molecule has 0 unspecified atom stereocenters. The van der Waals surface area contributed by atoms with Gasteiger partial charge in [0.05, 0.1) is 19.6 Å². The number of hydrogen-bond acceptors (Lipinski definition) is 7. The zero-order valence-electron chi connectivity index (χ0n) is 10.3. The lowest BCUT2D eigenvalue weighted by Crippen LogP contribution is -2.61. The molecule has 2 atom stereocenters. The molecule has 0 bridgehead atoms. The van der Waals surface area contributed by atoms with Crippen molar-refractivity contribution in [2.45, 2.75) is 24.4 Å². The molecule has 0 spiro atoms. The van der Waals surface area contributed by atoms with Gasteiger partial charge in [-0.2, -0.15) is 11.8 Å². The number of carbonyl (C=O) groups excluding carboxylic acids is 2. The first-order valence-corrected chi connectivity index (χ1v) is 6.57. The number of ether oxygens (including phenoxy) is 1. The van der Waals surface area contributed by atoms with Gasteiger partial charge in [0.15, 0.2) is 11.3 Å². The maximum Gasteiger partial charge on any atom is 0.333 e. The van der Waals surface area contributed by atoms with E-state index in [1.165, 1.54) is 11.8 Å². The highest BCUT2D eigenvalue weighted by molar-refractivity contribution is 7.98. The molecule has 0 aromatic carbocycles. The molecule has 0 aliphatic rings. The number of carbonyl (C=O) groups is 3. The molecule has 0 rings (SSSR count). The second kappa shape index (κ2) is 7.34. The van der Waals surface area contributed by atoms with Crippen LogP contribution in [0.5, 0.6) is 0 Å². The summed E-state index contributed by atoms with van der Waals surface area (Å²) in [5.41, 5.74) is 9.31. The molecule has 104 valence electrons. The third-order valence-corrected chi connectivity index (χ3v) is 3.03. The van der Waals surface area contributed by atoms with Crippen LogP contribution in [0.1, 0.15) is 12.8 Å². The molecule has 0 saturated heterocycles. The fourth-order valence-electron chi connectivity index (χ4n) is 1.38. The van der Waals surface area contributed by atoms with Gasteiger partial charge >= 0.3 is 11.9 Å². The van der Waals surface area contributed by atoms with E-state index in [1.807, 2.05) is 0 Å². The number of ketones is 1. The van der Waals surface area contributed by atoms with Crippen molar-refractivity contribution < 1.29 is 24.2 Å². The number of Topliss-reactive ketones (excluding diaryl/α,β-unsaturated/α-hetero) is 1. The van der Waals surface area contributed by atoms with E-state index in [2.05, 4.69) is 4.74 Å². The molecule has 0 radical (unpaired) electrons. The lowest BCUT2D eigenvalue weighted by molar-refractivity contribution is -0.153. The minimum Gasteiger partial charge on any atom is -0.481 e. The fraction of sp³-hybridized carbons (Fsp3) is 0.700. The second-order valence-corrected chi connectivity index (χ2v) is 4.76. The van der Waals surface area contributed by atoms with Gasteiger partial charge in [-0.05, 0) is 18.4 Å². The van der Waals surface area contributed by atoms with Crippen LogP contribution in [0.2, 0.25) is 0 Å². The van der Waals surface area contributed by atoms with E-state index in [9.17, 15) is 14.4 Å². The summed E-state index contributed by atoms with van der Waals surface area (Å²) in [6, 6.07) is -1.33. The van der Waals surface area contributed by atoms with Gasteiger partial charge in [0.1, 0.15) is 0 Å². The number of hydrogen-bond donors (Lipinski definition) is 3. The Kier molecular flexibility index (Phi) is 6.89. The van der Waals surface area contributed by atoms with Gasteiger partial charge in [-0.15, -0.1) is 0 Å². The van der Waals surface area contributed by atoms with Crippen LogP contribution in [0.3, 0.4) is 0 Å². The number of carboxylic acid groups (broad SMARTS) is 1. The predicted molar refractivity (Wildman–Crippen MR) is 67.2 cm³/mol. The second-order valence-electron chi connectivity index (χ2n) is 3.77. The third-order valence-electron chi connectivity index (χ3n) is 2.42. The number of carboxylic acids is 1. The molecule has 0 fully saturated rings. The van der Waals surface area contributed by atoms with Gasteiger partial charge in [0, 0.05) is 0 Å². The van der Waals surface area contributed by atoms with Crippen molar-refractivity contribution in [1.29, 1.82) is 0 Å². The van der Waals surface area contributed by atoms with Crippen molar-refractivity contribution in [2.75, 3.05) is 19.1 Å². The standard InChI is InChI=1S/C10H18N2O5S/c1-17-9(16)10(12,3-4-18-2)8(15)6(11)5-7(13)14/h6H,3-5,11-12H2,1-2H3,(H,13,14)/t6-,10+/m0/s1. The summed E-state index contributed by atoms with van der Waals surface area (Å²) in [4.78, 5) is 34.1. The highest BCUT2D eigenvalue weighted by Crippen LogP contribution is 2.16. The third kappa shape index (κ3) is 4.28. The number of thioether (sulfide) groups is 1. The van der Waals surface area contributed by atoms with Crippen molar-refractivity contribution in [3.63, 3.8) is 0 Å². The quantitative estimate of drug-likeness (QED) is 0.379. The monoisotopic (exact) mass is 278 g/mol. The number of esters is 1. The molecule has 0 aliphatic heterocycles. The van der Waals surface area contributed by atoms with Crippen LogP contribution in [-0.2, 0) is 19.1 Å². The van der Waals surface area contributed by atoms with Crippen LogP contribution < -0.4 is 11.5 Å². The Morgan fingerprint density at radius 1 is 1.44 bits per heavy atom. The Bertz CT molecular complexity index is 336. The van der Waals surface area contributed by atoms with Gasteiger partial charge < -0.3 is 21.3 Å². The molecule has 8 heteroatoms. The van der Waals surface area contributed by atoms with Crippen molar-refractivity contribution in [3.8, 4) is 0 Å². The zero-order chi connectivity index (χ0) is 14.3. The van der Waals surface area contributed by atoms with E-state index in [0.29, 0.717) is 5.75 Å². The smallest absolute Gasteiger partial charge is 0.333 e. The summed E-state index contributed by atoms with van der Waals surface area (Å²) in [5, 5.41) is 8.58. The maximum absolute atomic E-state index is 12.0. The highest BCUT2D eigenvalue weighted by Gasteiger charge is 2.45. The van der Waals surface area contributed by atoms with Gasteiger partial charge in [0.2, 0.25) is 0 Å². The molecular weight excluding hydrogens is 260 g/mol. The molecule has 0 heterocycles. The van der Waals surface area contributed by atoms with Crippen molar-refractivity contribution in [2.24, 2.45) is 11.5 Å². The molecule has 7 nitrogen and oxygen atoms in total. The number of rotatable bonds is 8. The Morgan fingerprint density at radius 2 is 2.00 bits per heavy atom. The van der Waals surface area contributed by atoms with E-state index < -0.39 is 35.7 Å². The Balaban J connectivity index is 5.00. The first kappa shape index (κ1) is 16.9. The summed E-state index contributed by atoms with van der Waals surface area (Å²) in [5.74, 6) is -2.49. The highest BCUT2D eigenvalue weighted by atomic mass is 32.2. The van der Waals surface area contributed by atoms with Gasteiger partial charge in [-0.25, -0.2) is 4.79 Å². The summed E-state index contributed by atoms with van der Waals surface area (Å²) < 4.78 is 4.49. The largest absolute Gasteiger partial charge is 0.481 e. The van der Waals surface area contributed by atoms with Crippen LogP contribution in [0.15, 0.2) is 0 Å². The Hall–Kier alpha value is -1.12. The topological polar surface area (TPSA) is 133 Å². The summed E-state index contributed by atoms with van der Waals surface area (Å²) in [6.07, 6.45) is 1.26. The van der Waals surface area contributed by atoms with Crippen LogP contribution in [0, 0.1) is 0 Å². The fourth-order valence-corrected chi connectivity index (χ4v) is 1.91. The molecule has 0 amide bonds. The van der Waals surface area contributed by atoms with Crippen molar-refractivity contribution in [1.82, 2.24) is 0 Å². The lowest BCUT2D eigenvalue weighted by atomic mass is 9.87. The molecule has 0 saturated carbocycles. The minimum atomic E-state index is -1.88. The number of nitrogens with two attached hydrogens (primary N) is 2. The van der Waals surface area contributed by atoms with Crippen molar-refractivity contribution >= 4 is 29.5 Å². The average Bonchev–Trinajstić information content (AvgIpc) is 2.32. The molecule has 0 aliphatic carbocycles. The first-order chi connectivity index (χ1) is 8.29. The van der Waals surface area contributed by atoms with E-state index >= 15 is 0 Å². The Morgan fingerprint density at radius 3 is 2.39 bits per heavy atom. The summed E-state index contributed by atoms with van der Waals surface area (Å²) >= 11 is 1.40. The zero-order valence-corrected chi connectivity index (χ0v) is 11.2. The first-order valence-electron chi connectivity index (χ1n) is 5.17. The molecule has 0 aromatic heterocycles. The number of methoxy groups -OCH3 is 1. The molecular formula is C10H18N2O5S. The van der Waals surface area contributed by atoms with E-state index in [-0.39, 0.29) is 6.42 Å². The van der Waals surface area contributed by atoms with Crippen LogP contribution >= 0.6 is 11.8 Å². The molecule has 5 N–H and O–H groups in total. The van der Waals surface area contributed by atoms with E-state index in [0.717, 1.165) is 7.11 Å².